The summed E-state index contributed by atoms with van der Waals surface area (Å²) in [4.78, 5) is 34.2. The number of hydrogen-bond acceptors (Lipinski definition) is 2. The third-order valence-electron chi connectivity index (χ3n) is 11.4. The Labute approximate surface area is 336 Å². The topological polar surface area (TPSA) is 40.6 Å². The van der Waals surface area contributed by atoms with Crippen LogP contribution in [0.4, 0.5) is 4.79 Å². The Hall–Kier alpha value is -6.87. The van der Waals surface area contributed by atoms with Crippen LogP contribution in [0.15, 0.2) is 243 Å². The van der Waals surface area contributed by atoms with E-state index in [1.165, 1.54) is 0 Å². The molecule has 0 bridgehead atoms. The zero-order chi connectivity index (χ0) is 38.7. The van der Waals surface area contributed by atoms with E-state index in [-0.39, 0.29) is 11.9 Å². The Morgan fingerprint density at radius 3 is 0.789 bits per heavy atom. The van der Waals surface area contributed by atoms with Gasteiger partial charge in [0.15, 0.2) is 5.54 Å². The zero-order valence-corrected chi connectivity index (χ0v) is 33.3. The Morgan fingerprint density at radius 2 is 0.526 bits per heavy atom. The number of amides is 3. The van der Waals surface area contributed by atoms with Gasteiger partial charge in [0.2, 0.25) is 0 Å². The molecule has 9 rings (SSSR count). The Balaban J connectivity index is 1.52. The van der Waals surface area contributed by atoms with Gasteiger partial charge in [-0.15, -0.1) is 0 Å². The summed E-state index contributed by atoms with van der Waals surface area (Å²) in [5.41, 5.74) is -0.133. The molecule has 0 saturated carbocycles. The van der Waals surface area contributed by atoms with Crippen molar-refractivity contribution in [2.75, 3.05) is 0 Å². The van der Waals surface area contributed by atoms with Crippen LogP contribution in [0.5, 0.6) is 0 Å². The summed E-state index contributed by atoms with van der Waals surface area (Å²) in [5.74, 6) is -0.271. The van der Waals surface area contributed by atoms with E-state index in [0.717, 1.165) is 42.2 Å². The molecule has 0 atom stereocenters. The van der Waals surface area contributed by atoms with E-state index >= 15 is 9.59 Å². The SMILES string of the molecule is O=C1N([Si](c2ccccc2)(c2ccccc2)c2ccccc2)C(=O)C(c2ccccc2)(c2ccccc2)N1[Si](c1ccccc1)(c1ccccc1)c1ccccc1. The van der Waals surface area contributed by atoms with Gasteiger partial charge >= 0.3 is 6.03 Å². The van der Waals surface area contributed by atoms with E-state index in [2.05, 4.69) is 77.4 Å². The molecule has 57 heavy (non-hydrogen) atoms. The summed E-state index contributed by atoms with van der Waals surface area (Å²) in [6, 6.07) is 81.5. The summed E-state index contributed by atoms with van der Waals surface area (Å²) in [5, 5.41) is 5.79. The molecule has 1 fully saturated rings. The first kappa shape index (κ1) is 35.8. The van der Waals surface area contributed by atoms with Crippen molar-refractivity contribution in [1.29, 1.82) is 0 Å². The fourth-order valence-electron chi connectivity index (χ4n) is 9.16. The molecular formula is C51H40N2O2Si2. The average molecular weight is 769 g/mol. The molecule has 8 aromatic rings. The smallest absolute Gasteiger partial charge is 0.313 e. The molecule has 8 aromatic carbocycles. The van der Waals surface area contributed by atoms with Gasteiger partial charge in [-0.1, -0.05) is 243 Å². The Kier molecular flexibility index (Phi) is 9.42. The molecule has 0 N–H and O–H groups in total. The number of nitrogens with zero attached hydrogens (tertiary/aromatic N) is 2. The molecule has 3 amide bonds. The minimum absolute atomic E-state index is 0.271. The minimum atomic E-state index is -3.78. The lowest BCUT2D eigenvalue weighted by Crippen LogP contribution is -2.82. The molecule has 274 valence electrons. The molecule has 1 aliphatic rings. The molecule has 1 heterocycles. The summed E-state index contributed by atoms with van der Waals surface area (Å²) in [7, 11) is -7.56. The van der Waals surface area contributed by atoms with Crippen LogP contribution in [-0.4, -0.2) is 37.5 Å². The molecule has 1 aliphatic heterocycles. The van der Waals surface area contributed by atoms with Crippen molar-refractivity contribution in [2.24, 2.45) is 0 Å². The summed E-state index contributed by atoms with van der Waals surface area (Å²) in [6.45, 7) is 0. The van der Waals surface area contributed by atoms with Crippen LogP contribution in [-0.2, 0) is 10.3 Å². The standard InChI is InChI=1S/C51H40N2O2Si2/c54-49-51(41-25-9-1-10-26-41,42-27-11-2-12-28-42)53(57(46-35-19-6-20-36-46,47-37-21-7-22-38-47)48-39-23-8-24-40-48)50(55)52(49)56(43-29-13-3-14-30-43,44-31-15-4-16-32-44)45-33-17-5-18-34-45/h1-40H. The van der Waals surface area contributed by atoms with E-state index < -0.39 is 22.0 Å². The van der Waals surface area contributed by atoms with Gasteiger partial charge in [0.25, 0.3) is 22.4 Å². The van der Waals surface area contributed by atoms with Gasteiger partial charge in [-0.2, -0.15) is 0 Å². The Bertz CT molecular complexity index is 2370. The van der Waals surface area contributed by atoms with Crippen molar-refractivity contribution in [3.8, 4) is 0 Å². The highest BCUT2D eigenvalue weighted by molar-refractivity contribution is 7.14. The predicted molar refractivity (Wildman–Crippen MR) is 236 cm³/mol. The number of carbonyl (C=O) groups excluding carboxylic acids is 2. The van der Waals surface area contributed by atoms with E-state index in [1.807, 2.05) is 170 Å². The third kappa shape index (κ3) is 5.48. The maximum atomic E-state index is 17.1. The average Bonchev–Trinajstić information content (AvgIpc) is 3.53. The number of benzene rings is 8. The monoisotopic (exact) mass is 768 g/mol. The minimum Gasteiger partial charge on any atom is -0.318 e. The largest absolute Gasteiger partial charge is 0.318 e. The number of urea groups is 1. The Morgan fingerprint density at radius 1 is 0.298 bits per heavy atom. The van der Waals surface area contributed by atoms with E-state index in [9.17, 15) is 0 Å². The summed E-state index contributed by atoms with van der Waals surface area (Å²) < 4.78 is 3.81. The number of imide groups is 1. The van der Waals surface area contributed by atoms with Gasteiger partial charge in [-0.25, -0.2) is 4.79 Å². The normalized spacial score (nSPS) is 14.1. The van der Waals surface area contributed by atoms with Crippen LogP contribution in [0.2, 0.25) is 0 Å². The molecule has 0 aromatic heterocycles. The third-order valence-corrected chi connectivity index (χ3v) is 20.7. The lowest BCUT2D eigenvalue weighted by molar-refractivity contribution is -0.128. The fourth-order valence-corrected chi connectivity index (χ4v) is 19.0. The number of rotatable bonds is 10. The second-order valence-corrected chi connectivity index (χ2v) is 21.5. The fraction of sp³-hybridized carbons (Fsp3) is 0.0196. The molecule has 0 radical (unpaired) electrons. The van der Waals surface area contributed by atoms with Gasteiger partial charge in [0.1, 0.15) is 0 Å². The van der Waals surface area contributed by atoms with Crippen molar-refractivity contribution in [3.05, 3.63) is 254 Å². The molecular weight excluding hydrogens is 729 g/mol. The van der Waals surface area contributed by atoms with Crippen molar-refractivity contribution in [1.82, 2.24) is 9.13 Å². The van der Waals surface area contributed by atoms with Crippen molar-refractivity contribution in [2.45, 2.75) is 5.54 Å². The molecule has 4 nitrogen and oxygen atoms in total. The van der Waals surface area contributed by atoms with Gasteiger partial charge in [-0.3, -0.25) is 9.36 Å². The first-order chi connectivity index (χ1) is 28.2. The van der Waals surface area contributed by atoms with Crippen LogP contribution in [0.25, 0.3) is 0 Å². The van der Waals surface area contributed by atoms with Crippen molar-refractivity contribution in [3.63, 3.8) is 0 Å². The van der Waals surface area contributed by atoms with Gasteiger partial charge in [0.05, 0.1) is 0 Å². The predicted octanol–water partition coefficient (Wildman–Crippen LogP) is 6.53. The van der Waals surface area contributed by atoms with Crippen LogP contribution in [0.1, 0.15) is 11.1 Å². The maximum absolute atomic E-state index is 17.1. The highest BCUT2D eigenvalue weighted by atomic mass is 28.3. The quantitative estimate of drug-likeness (QED) is 0.0903. The van der Waals surface area contributed by atoms with Crippen LogP contribution in [0.3, 0.4) is 0 Å². The first-order valence-corrected chi connectivity index (χ1v) is 23.2. The van der Waals surface area contributed by atoms with Crippen LogP contribution < -0.4 is 31.1 Å². The van der Waals surface area contributed by atoms with Crippen molar-refractivity contribution >= 4 is 59.5 Å². The van der Waals surface area contributed by atoms with Crippen LogP contribution >= 0.6 is 0 Å². The van der Waals surface area contributed by atoms with Crippen molar-refractivity contribution < 1.29 is 9.59 Å². The number of carbonyl (C=O) groups is 2. The second kappa shape index (κ2) is 15.0. The molecule has 0 unspecified atom stereocenters. The van der Waals surface area contributed by atoms with Gasteiger partial charge < -0.3 is 4.57 Å². The lowest BCUT2D eigenvalue weighted by atomic mass is 9.83. The van der Waals surface area contributed by atoms with E-state index in [4.69, 9.17) is 0 Å². The lowest BCUT2D eigenvalue weighted by Gasteiger charge is -2.48. The second-order valence-electron chi connectivity index (χ2n) is 14.3. The molecule has 0 spiro atoms. The van der Waals surface area contributed by atoms with Gasteiger partial charge in [0, 0.05) is 0 Å². The van der Waals surface area contributed by atoms with Crippen LogP contribution in [0, 0.1) is 0 Å². The van der Waals surface area contributed by atoms with E-state index in [0.29, 0.717) is 0 Å². The summed E-state index contributed by atoms with van der Waals surface area (Å²) in [6.07, 6.45) is 0. The summed E-state index contributed by atoms with van der Waals surface area (Å²) >= 11 is 0. The molecule has 1 saturated heterocycles. The first-order valence-electron chi connectivity index (χ1n) is 19.3. The maximum Gasteiger partial charge on any atom is 0.313 e. The van der Waals surface area contributed by atoms with Gasteiger partial charge in [-0.05, 0) is 42.2 Å². The number of hydrogen-bond donors (Lipinski definition) is 0. The highest BCUT2D eigenvalue weighted by Crippen LogP contribution is 2.47. The molecule has 0 aliphatic carbocycles. The van der Waals surface area contributed by atoms with E-state index in [1.54, 1.807) is 4.57 Å². The zero-order valence-electron chi connectivity index (χ0n) is 31.3. The highest BCUT2D eigenvalue weighted by Gasteiger charge is 2.71. The molecule has 6 heteroatoms.